The Labute approximate surface area is 224 Å². The summed E-state index contributed by atoms with van der Waals surface area (Å²) >= 11 is 0. The summed E-state index contributed by atoms with van der Waals surface area (Å²) in [5, 5.41) is 47.5. The van der Waals surface area contributed by atoms with Gasteiger partial charge in [-0.2, -0.15) is 21.0 Å². The highest BCUT2D eigenvalue weighted by Crippen LogP contribution is 2.46. The van der Waals surface area contributed by atoms with Gasteiger partial charge in [0.15, 0.2) is 10.9 Å². The summed E-state index contributed by atoms with van der Waals surface area (Å²) in [6, 6.07) is 25.7. The van der Waals surface area contributed by atoms with E-state index in [1.54, 1.807) is 24.3 Å². The molecule has 8 aromatic carbocycles. The van der Waals surface area contributed by atoms with E-state index in [4.69, 9.17) is 0 Å². The molecule has 40 heavy (non-hydrogen) atoms. The number of benzene rings is 8. The fraction of sp³-hybridized carbons (Fsp3) is 0. The van der Waals surface area contributed by atoms with Gasteiger partial charge in [-0.3, -0.25) is 9.59 Å². The summed E-state index contributed by atoms with van der Waals surface area (Å²) in [4.78, 5) is 27.7. The smallest absolute Gasteiger partial charge is 0.195 e. The topological polar surface area (TPSA) is 129 Å². The Morgan fingerprint density at radius 1 is 0.375 bits per heavy atom. The van der Waals surface area contributed by atoms with Crippen molar-refractivity contribution in [2.45, 2.75) is 0 Å². The molecule has 0 aliphatic carbocycles. The lowest BCUT2D eigenvalue weighted by Crippen LogP contribution is -2.09. The number of nitriles is 4. The van der Waals surface area contributed by atoms with Crippen LogP contribution in [-0.2, 0) is 0 Å². The third-order valence-corrected chi connectivity index (χ3v) is 8.24. The monoisotopic (exact) mass is 506 g/mol. The maximum absolute atomic E-state index is 13.9. The van der Waals surface area contributed by atoms with Crippen molar-refractivity contribution in [2.75, 3.05) is 0 Å². The van der Waals surface area contributed by atoms with Crippen LogP contribution in [0.4, 0.5) is 0 Å². The van der Waals surface area contributed by atoms with E-state index in [0.29, 0.717) is 54.2 Å². The fourth-order valence-electron chi connectivity index (χ4n) is 6.68. The van der Waals surface area contributed by atoms with Crippen molar-refractivity contribution in [2.24, 2.45) is 0 Å². The first-order valence-corrected chi connectivity index (χ1v) is 12.4. The maximum atomic E-state index is 13.9. The van der Waals surface area contributed by atoms with E-state index in [1.165, 1.54) is 12.1 Å². The Hall–Kier alpha value is -6.34. The average Bonchev–Trinajstić information content (AvgIpc) is 3.00. The first-order valence-electron chi connectivity index (χ1n) is 12.4. The van der Waals surface area contributed by atoms with Crippen molar-refractivity contribution in [3.8, 4) is 24.3 Å². The van der Waals surface area contributed by atoms with E-state index in [2.05, 4.69) is 24.3 Å². The number of hydrogen-bond donors (Lipinski definition) is 0. The molecule has 0 saturated carbocycles. The highest BCUT2D eigenvalue weighted by molar-refractivity contribution is 6.41. The molecule has 0 spiro atoms. The van der Waals surface area contributed by atoms with Gasteiger partial charge in [0, 0.05) is 43.1 Å². The molecule has 0 unspecified atom stereocenters. The van der Waals surface area contributed by atoms with Gasteiger partial charge in [-0.05, 0) is 80.8 Å². The maximum Gasteiger partial charge on any atom is 0.195 e. The molecule has 0 N–H and O–H groups in total. The lowest BCUT2D eigenvalue weighted by Gasteiger charge is -2.19. The molecule has 0 bridgehead atoms. The van der Waals surface area contributed by atoms with Crippen LogP contribution in [0.25, 0.3) is 75.4 Å². The molecule has 0 atom stereocenters. The van der Waals surface area contributed by atoms with Crippen LogP contribution in [0.5, 0.6) is 0 Å². The van der Waals surface area contributed by atoms with Crippen LogP contribution in [-0.4, -0.2) is 0 Å². The number of fused-ring (bicyclic) bond motifs is 4. The summed E-state index contributed by atoms with van der Waals surface area (Å²) in [5.41, 5.74) is 0.374. The van der Waals surface area contributed by atoms with Crippen LogP contribution >= 0.6 is 0 Å². The van der Waals surface area contributed by atoms with Crippen molar-refractivity contribution in [3.05, 3.63) is 103 Å². The van der Waals surface area contributed by atoms with Gasteiger partial charge >= 0.3 is 0 Å². The van der Waals surface area contributed by atoms with Gasteiger partial charge in [0.1, 0.15) is 0 Å². The summed E-state index contributed by atoms with van der Waals surface area (Å²) in [7, 11) is 0. The third kappa shape index (κ3) is 2.30. The first-order chi connectivity index (χ1) is 19.5. The van der Waals surface area contributed by atoms with E-state index in [1.807, 2.05) is 24.3 Å². The zero-order chi connectivity index (χ0) is 27.4. The lowest BCUT2D eigenvalue weighted by atomic mass is 9.82. The predicted octanol–water partition coefficient (Wildman–Crippen LogP) is 6.28. The van der Waals surface area contributed by atoms with Crippen molar-refractivity contribution >= 4 is 75.4 Å². The normalized spacial score (nSPS) is 11.6. The van der Waals surface area contributed by atoms with E-state index >= 15 is 0 Å². The lowest BCUT2D eigenvalue weighted by molar-refractivity contribution is 1.48. The Balaban J connectivity index is 1.77. The zero-order valence-corrected chi connectivity index (χ0v) is 20.4. The zero-order valence-electron chi connectivity index (χ0n) is 20.4. The Morgan fingerprint density at radius 2 is 0.725 bits per heavy atom. The van der Waals surface area contributed by atoms with Crippen LogP contribution in [0.3, 0.4) is 0 Å². The van der Waals surface area contributed by atoms with Crippen LogP contribution < -0.4 is 10.9 Å². The van der Waals surface area contributed by atoms with E-state index in [-0.39, 0.29) is 32.8 Å². The van der Waals surface area contributed by atoms with Crippen LogP contribution in [0.15, 0.2) is 70.3 Å². The van der Waals surface area contributed by atoms with Crippen molar-refractivity contribution < 1.29 is 0 Å². The third-order valence-electron chi connectivity index (χ3n) is 8.24. The standard InChI is InChI=1S/C34H10N4O2/c35-11-17-1-3-19(13-37)29-25(17)23-9-15-5-8-22-32-24(26-18(12-36)2-4-20(14-38)30(26)34(22)40)10-16-6-7-21(33(29)39)31(23)27(16)28(15)32/h1-10H. The molecule has 8 aromatic rings. The van der Waals surface area contributed by atoms with E-state index in [9.17, 15) is 30.6 Å². The number of nitrogens with zero attached hydrogens (tertiary/aromatic N) is 4. The minimum atomic E-state index is -0.325. The van der Waals surface area contributed by atoms with Crippen molar-refractivity contribution in [1.82, 2.24) is 0 Å². The van der Waals surface area contributed by atoms with E-state index in [0.717, 1.165) is 21.5 Å². The van der Waals surface area contributed by atoms with Crippen LogP contribution in [0, 0.1) is 45.3 Å². The molecule has 0 amide bonds. The Bertz CT molecular complexity index is 2590. The molecule has 0 fully saturated rings. The summed E-state index contributed by atoms with van der Waals surface area (Å²) in [6.07, 6.45) is 0. The van der Waals surface area contributed by atoms with Gasteiger partial charge in [0.05, 0.1) is 46.5 Å². The molecule has 0 aliphatic heterocycles. The molecule has 0 radical (unpaired) electrons. The molecular formula is C34H10N4O2. The van der Waals surface area contributed by atoms with E-state index < -0.39 is 0 Å². The van der Waals surface area contributed by atoms with Gasteiger partial charge < -0.3 is 0 Å². The largest absolute Gasteiger partial charge is 0.289 e. The summed E-state index contributed by atoms with van der Waals surface area (Å²) in [5.74, 6) is 0. The second-order valence-electron chi connectivity index (χ2n) is 9.95. The minimum Gasteiger partial charge on any atom is -0.289 e. The van der Waals surface area contributed by atoms with Crippen molar-refractivity contribution in [1.29, 1.82) is 21.0 Å². The number of rotatable bonds is 0. The number of hydrogen-bond acceptors (Lipinski definition) is 6. The second-order valence-corrected chi connectivity index (χ2v) is 9.95. The fourth-order valence-corrected chi connectivity index (χ4v) is 6.68. The highest BCUT2D eigenvalue weighted by atomic mass is 16.1. The predicted molar refractivity (Wildman–Crippen MR) is 154 cm³/mol. The second kappa shape index (κ2) is 7.15. The highest BCUT2D eigenvalue weighted by Gasteiger charge is 2.24. The summed E-state index contributed by atoms with van der Waals surface area (Å²) < 4.78 is 0. The van der Waals surface area contributed by atoms with Gasteiger partial charge in [0.2, 0.25) is 0 Å². The van der Waals surface area contributed by atoms with Crippen LogP contribution in [0.1, 0.15) is 22.3 Å². The van der Waals surface area contributed by atoms with Crippen LogP contribution in [0.2, 0.25) is 0 Å². The average molecular weight is 506 g/mol. The first kappa shape index (κ1) is 21.7. The molecule has 178 valence electrons. The van der Waals surface area contributed by atoms with Gasteiger partial charge in [-0.25, -0.2) is 0 Å². The van der Waals surface area contributed by atoms with Gasteiger partial charge in [0.25, 0.3) is 0 Å². The van der Waals surface area contributed by atoms with Crippen molar-refractivity contribution in [3.63, 3.8) is 0 Å². The molecule has 0 heterocycles. The molecule has 0 saturated heterocycles. The Kier molecular flexibility index (Phi) is 3.88. The molecule has 8 rings (SSSR count). The summed E-state index contributed by atoms with van der Waals surface area (Å²) in [6.45, 7) is 0. The van der Waals surface area contributed by atoms with Gasteiger partial charge in [-0.1, -0.05) is 12.1 Å². The molecular weight excluding hydrogens is 496 g/mol. The van der Waals surface area contributed by atoms with Gasteiger partial charge in [-0.15, -0.1) is 0 Å². The molecule has 6 heteroatoms. The Morgan fingerprint density at radius 3 is 1.07 bits per heavy atom. The quantitative estimate of drug-likeness (QED) is 0.176. The SMILES string of the molecule is N#Cc1ccc(C#N)c2c1c(=O)c1ccc3cc4c5c(C#N)ccc(C#N)c5c(=O)c5ccc6cc2c1c3c6c54. The molecule has 6 nitrogen and oxygen atoms in total. The minimum absolute atomic E-state index is 0.209. The molecule has 0 aliphatic rings. The molecule has 0 aromatic heterocycles.